The van der Waals surface area contributed by atoms with E-state index in [1.54, 1.807) is 0 Å². The van der Waals surface area contributed by atoms with Gasteiger partial charge in [-0.3, -0.25) is 4.79 Å². The number of nitrogens with two attached hydrogens (primary N) is 1. The van der Waals surface area contributed by atoms with Crippen molar-refractivity contribution in [2.45, 2.75) is 64.3 Å². The maximum atomic E-state index is 11.7. The lowest BCUT2D eigenvalue weighted by Gasteiger charge is -2.58. The van der Waals surface area contributed by atoms with Gasteiger partial charge in [0.1, 0.15) is 5.54 Å². The Hall–Kier alpha value is -0.570. The van der Waals surface area contributed by atoms with Crippen molar-refractivity contribution >= 4 is 5.97 Å². The molecule has 4 rings (SSSR count). The fourth-order valence-electron chi connectivity index (χ4n) is 5.65. The molecule has 0 aromatic heterocycles. The van der Waals surface area contributed by atoms with Crippen molar-refractivity contribution in [3.63, 3.8) is 0 Å². The maximum absolute atomic E-state index is 11.7. The summed E-state index contributed by atoms with van der Waals surface area (Å²) in [6.07, 6.45) is 8.58. The summed E-state index contributed by atoms with van der Waals surface area (Å²) in [5.41, 5.74) is 5.51. The Labute approximate surface area is 115 Å². The first-order valence-corrected chi connectivity index (χ1v) is 7.85. The first-order valence-electron chi connectivity index (χ1n) is 7.85. The number of carboxylic acid groups (broad SMARTS) is 1. The van der Waals surface area contributed by atoms with Crippen LogP contribution in [0.4, 0.5) is 0 Å². The van der Waals surface area contributed by atoms with Gasteiger partial charge in [0.2, 0.25) is 0 Å². The molecule has 1 atom stereocenters. The van der Waals surface area contributed by atoms with E-state index in [4.69, 9.17) is 5.73 Å². The zero-order valence-electron chi connectivity index (χ0n) is 12.2. The highest BCUT2D eigenvalue weighted by Gasteiger charge is 2.55. The van der Waals surface area contributed by atoms with Crippen molar-refractivity contribution in [1.29, 1.82) is 0 Å². The van der Waals surface area contributed by atoms with Crippen LogP contribution in [-0.2, 0) is 4.79 Å². The summed E-state index contributed by atoms with van der Waals surface area (Å²) in [5, 5.41) is 9.58. The highest BCUT2D eigenvalue weighted by molar-refractivity contribution is 5.79. The van der Waals surface area contributed by atoms with E-state index in [2.05, 4.69) is 0 Å². The molecule has 0 aromatic rings. The molecule has 4 bridgehead atoms. The number of hydrogen-bond donors (Lipinski definition) is 2. The van der Waals surface area contributed by atoms with Crippen molar-refractivity contribution in [2.24, 2.45) is 34.8 Å². The molecule has 0 saturated heterocycles. The van der Waals surface area contributed by atoms with Crippen LogP contribution >= 0.6 is 0 Å². The molecule has 0 aliphatic heterocycles. The molecule has 4 fully saturated rings. The minimum absolute atomic E-state index is 0.00185. The van der Waals surface area contributed by atoms with Crippen LogP contribution < -0.4 is 5.73 Å². The van der Waals surface area contributed by atoms with E-state index in [0.717, 1.165) is 17.8 Å². The van der Waals surface area contributed by atoms with E-state index >= 15 is 0 Å². The number of carbonyl (C=O) groups is 1. The van der Waals surface area contributed by atoms with Gasteiger partial charge in [-0.1, -0.05) is 13.8 Å². The standard InChI is InChI=1S/C16H27NO2/c1-10(2)16(17,14(18)19)9-15-6-11-3-12(7-15)5-13(4-11)8-15/h10-13H,3-9,17H2,1-2H3,(H,18,19). The lowest BCUT2D eigenvalue weighted by Crippen LogP contribution is -2.58. The van der Waals surface area contributed by atoms with Crippen LogP contribution in [0.2, 0.25) is 0 Å². The van der Waals surface area contributed by atoms with E-state index in [0.29, 0.717) is 6.42 Å². The Bertz CT molecular complexity index is 355. The molecule has 108 valence electrons. The van der Waals surface area contributed by atoms with Crippen LogP contribution in [0.1, 0.15) is 58.8 Å². The summed E-state index contributed by atoms with van der Waals surface area (Å²) in [4.78, 5) is 11.7. The predicted molar refractivity (Wildman–Crippen MR) is 74.6 cm³/mol. The van der Waals surface area contributed by atoms with E-state index in [1.165, 1.54) is 38.5 Å². The SMILES string of the molecule is CC(C)C(N)(CC12CC3CC(CC(C3)C1)C2)C(=O)O. The molecular weight excluding hydrogens is 238 g/mol. The van der Waals surface area contributed by atoms with Gasteiger partial charge in [-0.05, 0) is 74.0 Å². The van der Waals surface area contributed by atoms with Gasteiger partial charge in [-0.25, -0.2) is 0 Å². The van der Waals surface area contributed by atoms with Gasteiger partial charge in [0.15, 0.2) is 0 Å². The molecule has 0 spiro atoms. The zero-order chi connectivity index (χ0) is 13.8. The summed E-state index contributed by atoms with van der Waals surface area (Å²) in [5.74, 6) is 1.76. The van der Waals surface area contributed by atoms with Crippen LogP contribution in [0.15, 0.2) is 0 Å². The summed E-state index contributed by atoms with van der Waals surface area (Å²) in [6.45, 7) is 3.91. The van der Waals surface area contributed by atoms with E-state index in [1.807, 2.05) is 13.8 Å². The molecule has 3 N–H and O–H groups in total. The van der Waals surface area contributed by atoms with Crippen molar-refractivity contribution < 1.29 is 9.90 Å². The second kappa shape index (κ2) is 4.21. The lowest BCUT2D eigenvalue weighted by molar-refractivity contribution is -0.150. The second-order valence-corrected chi connectivity index (χ2v) is 8.09. The zero-order valence-corrected chi connectivity index (χ0v) is 12.2. The number of aliphatic carboxylic acids is 1. The molecule has 0 aromatic carbocycles. The fraction of sp³-hybridized carbons (Fsp3) is 0.938. The third kappa shape index (κ3) is 2.10. The highest BCUT2D eigenvalue weighted by Crippen LogP contribution is 2.62. The summed E-state index contributed by atoms with van der Waals surface area (Å²) < 4.78 is 0. The van der Waals surface area contributed by atoms with Crippen molar-refractivity contribution in [2.75, 3.05) is 0 Å². The lowest BCUT2D eigenvalue weighted by atomic mass is 9.47. The monoisotopic (exact) mass is 265 g/mol. The average Bonchev–Trinajstić information content (AvgIpc) is 2.25. The van der Waals surface area contributed by atoms with E-state index < -0.39 is 11.5 Å². The molecular formula is C16H27NO2. The normalized spacial score (nSPS) is 43.5. The quantitative estimate of drug-likeness (QED) is 0.821. The van der Waals surface area contributed by atoms with Gasteiger partial charge in [0.25, 0.3) is 0 Å². The average molecular weight is 265 g/mol. The van der Waals surface area contributed by atoms with Crippen LogP contribution in [0.25, 0.3) is 0 Å². The molecule has 1 unspecified atom stereocenters. The molecule has 0 amide bonds. The van der Waals surface area contributed by atoms with Crippen LogP contribution in [0, 0.1) is 29.1 Å². The minimum Gasteiger partial charge on any atom is -0.480 e. The van der Waals surface area contributed by atoms with Gasteiger partial charge < -0.3 is 10.8 Å². The molecule has 4 saturated carbocycles. The van der Waals surface area contributed by atoms with Crippen LogP contribution in [0.5, 0.6) is 0 Å². The molecule has 3 heteroatoms. The Morgan fingerprint density at radius 2 is 1.63 bits per heavy atom. The number of rotatable bonds is 4. The Morgan fingerprint density at radius 1 is 1.21 bits per heavy atom. The van der Waals surface area contributed by atoms with Crippen LogP contribution in [0.3, 0.4) is 0 Å². The number of hydrogen-bond acceptors (Lipinski definition) is 2. The largest absolute Gasteiger partial charge is 0.480 e. The molecule has 19 heavy (non-hydrogen) atoms. The Kier molecular flexibility index (Phi) is 2.97. The van der Waals surface area contributed by atoms with Crippen LogP contribution in [-0.4, -0.2) is 16.6 Å². The Balaban J connectivity index is 1.84. The van der Waals surface area contributed by atoms with Crippen molar-refractivity contribution in [3.8, 4) is 0 Å². The van der Waals surface area contributed by atoms with E-state index in [9.17, 15) is 9.90 Å². The highest BCUT2D eigenvalue weighted by atomic mass is 16.4. The third-order valence-electron chi connectivity index (χ3n) is 6.26. The molecule has 3 nitrogen and oxygen atoms in total. The summed E-state index contributed by atoms with van der Waals surface area (Å²) in [7, 11) is 0. The van der Waals surface area contributed by atoms with Gasteiger partial charge in [-0.15, -0.1) is 0 Å². The third-order valence-corrected chi connectivity index (χ3v) is 6.26. The molecule has 0 heterocycles. The first-order chi connectivity index (χ1) is 8.83. The molecule has 0 radical (unpaired) electrons. The molecule has 4 aliphatic carbocycles. The van der Waals surface area contributed by atoms with Gasteiger partial charge in [0.05, 0.1) is 0 Å². The summed E-state index contributed by atoms with van der Waals surface area (Å²) >= 11 is 0. The fourth-order valence-corrected chi connectivity index (χ4v) is 5.65. The predicted octanol–water partition coefficient (Wildman–Crippen LogP) is 3.03. The first kappa shape index (κ1) is 13.4. The number of carboxylic acids is 1. The maximum Gasteiger partial charge on any atom is 0.323 e. The van der Waals surface area contributed by atoms with Crippen molar-refractivity contribution in [3.05, 3.63) is 0 Å². The van der Waals surface area contributed by atoms with Crippen molar-refractivity contribution in [1.82, 2.24) is 0 Å². The smallest absolute Gasteiger partial charge is 0.323 e. The second-order valence-electron chi connectivity index (χ2n) is 8.09. The van der Waals surface area contributed by atoms with Gasteiger partial charge in [-0.2, -0.15) is 0 Å². The van der Waals surface area contributed by atoms with Gasteiger partial charge >= 0.3 is 5.97 Å². The minimum atomic E-state index is -1.04. The Morgan fingerprint density at radius 3 is 1.95 bits per heavy atom. The summed E-state index contributed by atoms with van der Waals surface area (Å²) in [6, 6.07) is 0. The molecule has 4 aliphatic rings. The van der Waals surface area contributed by atoms with Gasteiger partial charge in [0, 0.05) is 0 Å². The topological polar surface area (TPSA) is 63.3 Å². The van der Waals surface area contributed by atoms with E-state index in [-0.39, 0.29) is 11.3 Å².